The number of hydrogen-bond donors (Lipinski definition) is 2. The Kier molecular flexibility index (Phi) is 4.56. The lowest BCUT2D eigenvalue weighted by Gasteiger charge is -2.09. The highest BCUT2D eigenvalue weighted by Gasteiger charge is 2.04. The first-order valence-corrected chi connectivity index (χ1v) is 8.26. The lowest BCUT2D eigenvalue weighted by atomic mass is 10.1. The number of para-hydroxylation sites is 1. The molecule has 1 heterocycles. The molecule has 3 aromatic carbocycles. The maximum absolute atomic E-state index is 5.81. The van der Waals surface area contributed by atoms with Crippen LogP contribution in [0.1, 0.15) is 5.56 Å². The van der Waals surface area contributed by atoms with Crippen molar-refractivity contribution in [3.8, 4) is 22.9 Å². The van der Waals surface area contributed by atoms with Gasteiger partial charge in [-0.2, -0.15) is 5.21 Å². The van der Waals surface area contributed by atoms with Gasteiger partial charge in [0, 0.05) is 17.8 Å². The van der Waals surface area contributed by atoms with Crippen molar-refractivity contribution in [3.05, 3.63) is 84.4 Å². The summed E-state index contributed by atoms with van der Waals surface area (Å²) in [6, 6.07) is 25.7. The van der Waals surface area contributed by atoms with Crippen LogP contribution in [0.4, 0.5) is 5.69 Å². The number of rotatable bonds is 6. The van der Waals surface area contributed by atoms with Gasteiger partial charge >= 0.3 is 0 Å². The van der Waals surface area contributed by atoms with Crippen molar-refractivity contribution in [1.29, 1.82) is 0 Å². The van der Waals surface area contributed by atoms with Gasteiger partial charge in [-0.1, -0.05) is 42.5 Å². The molecule has 4 rings (SSSR count). The van der Waals surface area contributed by atoms with Crippen LogP contribution in [0, 0.1) is 0 Å². The molecule has 0 aliphatic carbocycles. The normalized spacial score (nSPS) is 10.5. The van der Waals surface area contributed by atoms with E-state index < -0.39 is 0 Å². The number of nitrogens with zero attached hydrogens (tertiary/aromatic N) is 3. The lowest BCUT2D eigenvalue weighted by molar-refractivity contribution is 0.482. The molecule has 1 aromatic heterocycles. The van der Waals surface area contributed by atoms with E-state index in [1.54, 1.807) is 0 Å². The Morgan fingerprint density at radius 3 is 2.42 bits per heavy atom. The number of H-pyrrole nitrogens is 1. The van der Waals surface area contributed by atoms with Gasteiger partial charge in [0.25, 0.3) is 0 Å². The molecular weight excluding hydrogens is 326 g/mol. The minimum absolute atomic E-state index is 0.580. The first-order valence-electron chi connectivity index (χ1n) is 8.26. The number of ether oxygens (including phenoxy) is 1. The summed E-state index contributed by atoms with van der Waals surface area (Å²) >= 11 is 0. The third-order valence-corrected chi connectivity index (χ3v) is 3.87. The first-order chi connectivity index (χ1) is 12.9. The minimum Gasteiger partial charge on any atom is -0.457 e. The van der Waals surface area contributed by atoms with Crippen LogP contribution < -0.4 is 10.1 Å². The predicted molar refractivity (Wildman–Crippen MR) is 99.9 cm³/mol. The van der Waals surface area contributed by atoms with Gasteiger partial charge in [0.1, 0.15) is 11.5 Å². The second kappa shape index (κ2) is 7.48. The number of tetrazole rings is 1. The van der Waals surface area contributed by atoms with E-state index in [1.165, 1.54) is 0 Å². The maximum atomic E-state index is 5.81. The van der Waals surface area contributed by atoms with Crippen molar-refractivity contribution in [2.45, 2.75) is 6.54 Å². The fraction of sp³-hybridized carbons (Fsp3) is 0.0500. The first kappa shape index (κ1) is 15.8. The number of aromatic nitrogens is 4. The van der Waals surface area contributed by atoms with Crippen molar-refractivity contribution in [2.75, 3.05) is 5.32 Å². The van der Waals surface area contributed by atoms with E-state index in [4.69, 9.17) is 4.74 Å². The number of anilines is 1. The molecule has 0 amide bonds. The molecule has 0 spiro atoms. The number of hydrogen-bond acceptors (Lipinski definition) is 5. The molecule has 26 heavy (non-hydrogen) atoms. The molecular formula is C20H17N5O. The third-order valence-electron chi connectivity index (χ3n) is 3.87. The standard InChI is InChI=1S/C20H17N5O/c1-2-7-18(8-3-1)26-19-11-9-15(10-12-19)14-21-17-6-4-5-16(13-17)20-22-24-25-23-20/h1-13,21H,14H2,(H,22,23,24,25). The summed E-state index contributed by atoms with van der Waals surface area (Å²) < 4.78 is 5.81. The Morgan fingerprint density at radius 2 is 1.65 bits per heavy atom. The van der Waals surface area contributed by atoms with E-state index >= 15 is 0 Å². The SMILES string of the molecule is c1ccc(Oc2ccc(CNc3cccc(-c4nn[nH]n4)c3)cc2)cc1. The van der Waals surface area contributed by atoms with E-state index in [2.05, 4.69) is 25.9 Å². The number of nitrogens with one attached hydrogen (secondary N) is 2. The largest absolute Gasteiger partial charge is 0.457 e. The molecule has 0 saturated heterocycles. The summed E-state index contributed by atoms with van der Waals surface area (Å²) in [4.78, 5) is 0. The Morgan fingerprint density at radius 1 is 0.846 bits per heavy atom. The van der Waals surface area contributed by atoms with Crippen LogP contribution in [0.3, 0.4) is 0 Å². The molecule has 0 aliphatic rings. The summed E-state index contributed by atoms with van der Waals surface area (Å²) in [5, 5.41) is 17.5. The van der Waals surface area contributed by atoms with E-state index in [1.807, 2.05) is 78.9 Å². The Hall–Kier alpha value is -3.67. The van der Waals surface area contributed by atoms with Crippen molar-refractivity contribution in [2.24, 2.45) is 0 Å². The highest BCUT2D eigenvalue weighted by Crippen LogP contribution is 2.22. The lowest BCUT2D eigenvalue weighted by Crippen LogP contribution is -1.99. The van der Waals surface area contributed by atoms with Crippen LogP contribution in [-0.2, 0) is 6.54 Å². The van der Waals surface area contributed by atoms with E-state index in [0.29, 0.717) is 12.4 Å². The summed E-state index contributed by atoms with van der Waals surface area (Å²) in [5.41, 5.74) is 3.07. The quantitative estimate of drug-likeness (QED) is 0.547. The van der Waals surface area contributed by atoms with Gasteiger partial charge in [-0.15, -0.1) is 10.2 Å². The van der Waals surface area contributed by atoms with Crippen molar-refractivity contribution < 1.29 is 4.74 Å². The van der Waals surface area contributed by atoms with Crippen LogP contribution in [0.2, 0.25) is 0 Å². The predicted octanol–water partition coefficient (Wildman–Crippen LogP) is 4.27. The summed E-state index contributed by atoms with van der Waals surface area (Å²) in [6.45, 7) is 0.710. The molecule has 0 atom stereocenters. The van der Waals surface area contributed by atoms with Gasteiger partial charge in [0.15, 0.2) is 0 Å². The molecule has 6 nitrogen and oxygen atoms in total. The highest BCUT2D eigenvalue weighted by atomic mass is 16.5. The van der Waals surface area contributed by atoms with Crippen LogP contribution in [-0.4, -0.2) is 20.6 Å². The van der Waals surface area contributed by atoms with Crippen molar-refractivity contribution >= 4 is 5.69 Å². The Bertz CT molecular complexity index is 953. The molecule has 128 valence electrons. The van der Waals surface area contributed by atoms with Crippen LogP contribution >= 0.6 is 0 Å². The van der Waals surface area contributed by atoms with Gasteiger partial charge in [0.05, 0.1) is 0 Å². The topological polar surface area (TPSA) is 75.7 Å². The second-order valence-corrected chi connectivity index (χ2v) is 5.73. The van der Waals surface area contributed by atoms with Gasteiger partial charge in [0.2, 0.25) is 5.82 Å². The Labute approximate surface area is 150 Å². The van der Waals surface area contributed by atoms with Gasteiger partial charge < -0.3 is 10.1 Å². The van der Waals surface area contributed by atoms with E-state index in [-0.39, 0.29) is 0 Å². The van der Waals surface area contributed by atoms with E-state index in [9.17, 15) is 0 Å². The van der Waals surface area contributed by atoms with Gasteiger partial charge in [-0.25, -0.2) is 0 Å². The molecule has 6 heteroatoms. The third kappa shape index (κ3) is 3.87. The zero-order chi connectivity index (χ0) is 17.6. The summed E-state index contributed by atoms with van der Waals surface area (Å²) in [7, 11) is 0. The van der Waals surface area contributed by atoms with Crippen LogP contribution in [0.25, 0.3) is 11.4 Å². The number of aromatic amines is 1. The summed E-state index contributed by atoms with van der Waals surface area (Å²) in [6.07, 6.45) is 0. The molecule has 0 unspecified atom stereocenters. The molecule has 0 radical (unpaired) electrons. The van der Waals surface area contributed by atoms with E-state index in [0.717, 1.165) is 28.3 Å². The zero-order valence-corrected chi connectivity index (χ0v) is 14.0. The number of benzene rings is 3. The van der Waals surface area contributed by atoms with Crippen LogP contribution in [0.15, 0.2) is 78.9 Å². The minimum atomic E-state index is 0.580. The highest BCUT2D eigenvalue weighted by molar-refractivity contribution is 5.61. The van der Waals surface area contributed by atoms with Gasteiger partial charge in [-0.05, 0) is 47.2 Å². The fourth-order valence-electron chi connectivity index (χ4n) is 2.56. The maximum Gasteiger partial charge on any atom is 0.204 e. The molecule has 2 N–H and O–H groups in total. The molecule has 4 aromatic rings. The second-order valence-electron chi connectivity index (χ2n) is 5.73. The van der Waals surface area contributed by atoms with Crippen LogP contribution in [0.5, 0.6) is 11.5 Å². The summed E-state index contributed by atoms with van der Waals surface area (Å²) in [5.74, 6) is 2.23. The molecule has 0 bridgehead atoms. The molecule has 0 saturated carbocycles. The smallest absolute Gasteiger partial charge is 0.204 e. The monoisotopic (exact) mass is 343 g/mol. The fourth-order valence-corrected chi connectivity index (χ4v) is 2.56. The molecule has 0 aliphatic heterocycles. The van der Waals surface area contributed by atoms with Crippen molar-refractivity contribution in [1.82, 2.24) is 20.6 Å². The average Bonchev–Trinajstić information content (AvgIpc) is 3.23. The van der Waals surface area contributed by atoms with Gasteiger partial charge in [-0.3, -0.25) is 0 Å². The molecule has 0 fully saturated rings. The Balaban J connectivity index is 1.38. The average molecular weight is 343 g/mol. The zero-order valence-electron chi connectivity index (χ0n) is 14.0. The van der Waals surface area contributed by atoms with Crippen molar-refractivity contribution in [3.63, 3.8) is 0 Å².